The molecule has 3 N–H and O–H groups in total. The average Bonchev–Trinajstić information content (AvgIpc) is 2.50. The first-order chi connectivity index (χ1) is 9.78. The molecule has 20 heavy (non-hydrogen) atoms. The minimum Gasteiger partial charge on any atom is -0.456 e. The molecule has 102 valence electrons. The summed E-state index contributed by atoms with van der Waals surface area (Å²) < 4.78 is 5.81. The van der Waals surface area contributed by atoms with Crippen molar-refractivity contribution < 1.29 is 9.84 Å². The van der Waals surface area contributed by atoms with Gasteiger partial charge in [0.2, 0.25) is 0 Å². The van der Waals surface area contributed by atoms with E-state index in [-0.39, 0.29) is 6.61 Å². The molecule has 0 atom stereocenters. The lowest BCUT2D eigenvalue weighted by atomic mass is 10.1. The molecule has 0 fully saturated rings. The Balaban J connectivity index is 2.33. The van der Waals surface area contributed by atoms with Crippen LogP contribution >= 0.6 is 0 Å². The van der Waals surface area contributed by atoms with E-state index in [0.717, 1.165) is 11.1 Å². The molecule has 0 aliphatic heterocycles. The minimum atomic E-state index is 0.0532. The Morgan fingerprint density at radius 2 is 1.95 bits per heavy atom. The van der Waals surface area contributed by atoms with E-state index >= 15 is 0 Å². The fourth-order valence-corrected chi connectivity index (χ4v) is 1.93. The highest BCUT2D eigenvalue weighted by molar-refractivity contribution is 5.48. The van der Waals surface area contributed by atoms with Gasteiger partial charge in [-0.25, -0.2) is 0 Å². The third kappa shape index (κ3) is 3.15. The number of hydrogen-bond donors (Lipinski definition) is 2. The monoisotopic (exact) mass is 268 g/mol. The molecule has 2 aromatic rings. The van der Waals surface area contributed by atoms with Crippen molar-refractivity contribution in [1.82, 2.24) is 0 Å². The van der Waals surface area contributed by atoms with Gasteiger partial charge in [-0.15, -0.1) is 0 Å². The molecule has 0 amide bonds. The topological polar surface area (TPSA) is 79.3 Å². The van der Waals surface area contributed by atoms with Crippen LogP contribution < -0.4 is 10.5 Å². The zero-order valence-electron chi connectivity index (χ0n) is 11.0. The normalized spacial score (nSPS) is 10.1. The van der Waals surface area contributed by atoms with Crippen LogP contribution in [-0.4, -0.2) is 11.7 Å². The smallest absolute Gasteiger partial charge is 0.145 e. The van der Waals surface area contributed by atoms with Gasteiger partial charge in [-0.05, 0) is 35.7 Å². The van der Waals surface area contributed by atoms with Gasteiger partial charge in [0.25, 0.3) is 0 Å². The predicted octanol–water partition coefficient (Wildman–Crippen LogP) is 2.34. The summed E-state index contributed by atoms with van der Waals surface area (Å²) >= 11 is 0. The molecule has 0 aliphatic rings. The van der Waals surface area contributed by atoms with E-state index in [0.29, 0.717) is 30.0 Å². The maximum Gasteiger partial charge on any atom is 0.145 e. The van der Waals surface area contributed by atoms with Gasteiger partial charge in [0.05, 0.1) is 5.56 Å². The number of hydrogen-bond acceptors (Lipinski definition) is 4. The van der Waals surface area contributed by atoms with Crippen molar-refractivity contribution in [3.8, 4) is 17.6 Å². The summed E-state index contributed by atoms with van der Waals surface area (Å²) in [6.07, 6.45) is 0.513. The maximum absolute atomic E-state index is 9.18. The van der Waals surface area contributed by atoms with Crippen LogP contribution in [0, 0.1) is 11.3 Å². The van der Waals surface area contributed by atoms with Crippen LogP contribution in [0.4, 0.5) is 0 Å². The Hall–Kier alpha value is -2.35. The zero-order chi connectivity index (χ0) is 14.4. The fraction of sp³-hybridized carbons (Fsp3) is 0.188. The molecule has 2 rings (SSSR count). The van der Waals surface area contributed by atoms with Crippen molar-refractivity contribution in [3.05, 3.63) is 59.2 Å². The number of nitrogens with two attached hydrogens (primary N) is 1. The second kappa shape index (κ2) is 6.71. The van der Waals surface area contributed by atoms with Crippen LogP contribution in [0.1, 0.15) is 16.7 Å². The highest BCUT2D eigenvalue weighted by Gasteiger charge is 2.08. The van der Waals surface area contributed by atoms with Crippen molar-refractivity contribution in [2.24, 2.45) is 5.73 Å². The number of rotatable bonds is 5. The Labute approximate surface area is 118 Å². The molecule has 0 radical (unpaired) electrons. The summed E-state index contributed by atoms with van der Waals surface area (Å²) in [6.45, 7) is 0.438. The number of nitrogens with zero attached hydrogens (tertiary/aromatic N) is 1. The van der Waals surface area contributed by atoms with Crippen molar-refractivity contribution in [3.63, 3.8) is 0 Å². The van der Waals surface area contributed by atoms with Gasteiger partial charge in [0.15, 0.2) is 0 Å². The molecular weight excluding hydrogens is 252 g/mol. The number of benzene rings is 2. The van der Waals surface area contributed by atoms with E-state index in [2.05, 4.69) is 6.07 Å². The van der Waals surface area contributed by atoms with Gasteiger partial charge in [-0.3, -0.25) is 0 Å². The average molecular weight is 268 g/mol. The number of aliphatic hydroxyl groups excluding tert-OH is 1. The lowest BCUT2D eigenvalue weighted by Gasteiger charge is -2.12. The lowest BCUT2D eigenvalue weighted by Crippen LogP contribution is -1.99. The van der Waals surface area contributed by atoms with Gasteiger partial charge >= 0.3 is 0 Å². The summed E-state index contributed by atoms with van der Waals surface area (Å²) in [5, 5.41) is 18.2. The first-order valence-corrected chi connectivity index (χ1v) is 6.38. The number of aliphatic hydroxyl groups is 1. The molecule has 0 saturated heterocycles. The standard InChI is InChI=1S/C16H16N2O2/c17-10-12-5-6-16(14(9-12)11-18)20-15-4-2-1-3-13(15)7-8-19/h1-6,9,19H,7-8,10,17H2. The Morgan fingerprint density at radius 3 is 2.65 bits per heavy atom. The van der Waals surface area contributed by atoms with Gasteiger partial charge in [-0.2, -0.15) is 5.26 Å². The van der Waals surface area contributed by atoms with E-state index < -0.39 is 0 Å². The predicted molar refractivity (Wildman–Crippen MR) is 76.4 cm³/mol. The minimum absolute atomic E-state index is 0.0532. The van der Waals surface area contributed by atoms with Crippen molar-refractivity contribution >= 4 is 0 Å². The summed E-state index contributed by atoms with van der Waals surface area (Å²) in [7, 11) is 0. The molecule has 2 aromatic carbocycles. The summed E-state index contributed by atoms with van der Waals surface area (Å²) in [6, 6.07) is 14.9. The van der Waals surface area contributed by atoms with Crippen LogP contribution in [-0.2, 0) is 13.0 Å². The second-order valence-electron chi connectivity index (χ2n) is 4.33. The zero-order valence-corrected chi connectivity index (χ0v) is 11.0. The lowest BCUT2D eigenvalue weighted by molar-refractivity contribution is 0.298. The van der Waals surface area contributed by atoms with E-state index in [1.807, 2.05) is 30.3 Å². The Kier molecular flexibility index (Phi) is 4.72. The number of para-hydroxylation sites is 1. The first kappa shape index (κ1) is 14.1. The summed E-state index contributed by atoms with van der Waals surface area (Å²) in [5.74, 6) is 1.15. The first-order valence-electron chi connectivity index (χ1n) is 6.38. The molecular formula is C16H16N2O2. The highest BCUT2D eigenvalue weighted by Crippen LogP contribution is 2.28. The SMILES string of the molecule is N#Cc1cc(CN)ccc1Oc1ccccc1CCO. The Morgan fingerprint density at radius 1 is 1.15 bits per heavy atom. The second-order valence-corrected chi connectivity index (χ2v) is 4.33. The summed E-state index contributed by atoms with van der Waals surface area (Å²) in [5.41, 5.74) is 7.80. The van der Waals surface area contributed by atoms with E-state index in [1.165, 1.54) is 0 Å². The van der Waals surface area contributed by atoms with Crippen molar-refractivity contribution in [2.75, 3.05) is 6.61 Å². The van der Waals surface area contributed by atoms with E-state index in [4.69, 9.17) is 15.6 Å². The molecule has 0 saturated carbocycles. The highest BCUT2D eigenvalue weighted by atomic mass is 16.5. The number of ether oxygens (including phenoxy) is 1. The maximum atomic E-state index is 9.18. The number of nitriles is 1. The molecule has 4 heteroatoms. The quantitative estimate of drug-likeness (QED) is 0.872. The van der Waals surface area contributed by atoms with E-state index in [1.54, 1.807) is 12.1 Å². The molecule has 0 aliphatic carbocycles. The van der Waals surface area contributed by atoms with Gasteiger partial charge in [0.1, 0.15) is 17.6 Å². The third-order valence-corrected chi connectivity index (χ3v) is 2.97. The fourth-order valence-electron chi connectivity index (χ4n) is 1.93. The largest absolute Gasteiger partial charge is 0.456 e. The van der Waals surface area contributed by atoms with Crippen LogP contribution in [0.25, 0.3) is 0 Å². The van der Waals surface area contributed by atoms with Crippen LogP contribution in [0.5, 0.6) is 11.5 Å². The van der Waals surface area contributed by atoms with Crippen molar-refractivity contribution in [1.29, 1.82) is 5.26 Å². The molecule has 0 spiro atoms. The molecule has 0 unspecified atom stereocenters. The third-order valence-electron chi connectivity index (χ3n) is 2.97. The van der Waals surface area contributed by atoms with E-state index in [9.17, 15) is 5.26 Å². The van der Waals surface area contributed by atoms with Crippen LogP contribution in [0.15, 0.2) is 42.5 Å². The molecule has 4 nitrogen and oxygen atoms in total. The van der Waals surface area contributed by atoms with Crippen molar-refractivity contribution in [2.45, 2.75) is 13.0 Å². The molecule has 0 heterocycles. The summed E-state index contributed by atoms with van der Waals surface area (Å²) in [4.78, 5) is 0. The van der Waals surface area contributed by atoms with Gasteiger partial charge in [0, 0.05) is 13.2 Å². The van der Waals surface area contributed by atoms with Gasteiger partial charge in [-0.1, -0.05) is 24.3 Å². The van der Waals surface area contributed by atoms with Crippen LogP contribution in [0.3, 0.4) is 0 Å². The Bertz CT molecular complexity index is 633. The van der Waals surface area contributed by atoms with Crippen LogP contribution in [0.2, 0.25) is 0 Å². The molecule has 0 bridgehead atoms. The van der Waals surface area contributed by atoms with Gasteiger partial charge < -0.3 is 15.6 Å². The molecule has 0 aromatic heterocycles.